The van der Waals surface area contributed by atoms with Gasteiger partial charge in [-0.25, -0.2) is 14.4 Å². The first-order valence-corrected chi connectivity index (χ1v) is 18.2. The number of esters is 1. The van der Waals surface area contributed by atoms with Crippen molar-refractivity contribution in [2.24, 2.45) is 5.92 Å². The largest absolute Gasteiger partial charge is 0.459 e. The molecule has 2 heterocycles. The van der Waals surface area contributed by atoms with Crippen LogP contribution in [-0.4, -0.2) is 84.0 Å². The number of non-ortho nitro benzene ring substituents is 3. The lowest BCUT2D eigenvalue weighted by atomic mass is 9.95. The van der Waals surface area contributed by atoms with Crippen LogP contribution in [0.2, 0.25) is 0 Å². The summed E-state index contributed by atoms with van der Waals surface area (Å²) in [5.41, 5.74) is 0.856. The molecule has 0 saturated carbocycles. The lowest BCUT2D eigenvalue weighted by Crippen LogP contribution is -2.42. The number of hydrogen-bond acceptors (Lipinski definition) is 16. The number of rotatable bonds is 14. The van der Waals surface area contributed by atoms with Crippen LogP contribution in [-0.2, 0) is 58.2 Å². The minimum absolute atomic E-state index is 0.0135. The van der Waals surface area contributed by atoms with Gasteiger partial charge in [-0.3, -0.25) is 49.7 Å². The molecule has 3 aromatic rings. The molecule has 21 heteroatoms. The summed E-state index contributed by atoms with van der Waals surface area (Å²) in [6.45, 7) is 0.526. The van der Waals surface area contributed by atoms with Gasteiger partial charge >= 0.3 is 23.9 Å². The third-order valence-electron chi connectivity index (χ3n) is 9.19. The molecule has 0 unspecified atom stereocenters. The summed E-state index contributed by atoms with van der Waals surface area (Å²) >= 11 is 1.00. The average Bonchev–Trinajstić information content (AvgIpc) is 3.79. The number of nitro groups is 3. The normalized spacial score (nSPS) is 18.8. The molecule has 2 amide bonds. The number of hydrogen-bond donors (Lipinski definition) is 0. The van der Waals surface area contributed by atoms with Gasteiger partial charge < -0.3 is 14.4 Å². The van der Waals surface area contributed by atoms with E-state index in [9.17, 15) is 54.3 Å². The lowest BCUT2D eigenvalue weighted by Gasteiger charge is -2.25. The molecule has 300 valence electrons. The molecule has 0 bridgehead atoms. The first-order chi connectivity index (χ1) is 27.2. The zero-order valence-corrected chi connectivity index (χ0v) is 31.0. The SMILES string of the molecule is CC(=O)S[C@H]1C[C@@H](C[C@@H]2C[C@@H](C(=O)OCc3ccc([N+](=O)[O-])cc3)N(C(=O)OCc3ccc([N+](=O)[O-])cc3)C2)N(C(=O)C(=O)OOCc2ccc([N+](=O)[O-])cc2)C1. The Kier molecular flexibility index (Phi) is 13.8. The second-order valence-corrected chi connectivity index (χ2v) is 14.6. The Hall–Kier alpha value is -6.48. The van der Waals surface area contributed by atoms with Crippen molar-refractivity contribution in [1.82, 2.24) is 9.80 Å². The third kappa shape index (κ3) is 11.3. The highest BCUT2D eigenvalue weighted by molar-refractivity contribution is 8.14. The molecule has 2 saturated heterocycles. The number of carbonyl (C=O) groups is 5. The molecule has 3 aromatic carbocycles. The lowest BCUT2D eigenvalue weighted by molar-refractivity contribution is -0.385. The van der Waals surface area contributed by atoms with Crippen LogP contribution >= 0.6 is 11.8 Å². The van der Waals surface area contributed by atoms with Crippen LogP contribution in [0, 0.1) is 36.3 Å². The van der Waals surface area contributed by atoms with Gasteiger partial charge in [-0.2, -0.15) is 4.89 Å². The van der Waals surface area contributed by atoms with Gasteiger partial charge in [-0.1, -0.05) is 11.8 Å². The zero-order chi connectivity index (χ0) is 41.2. The van der Waals surface area contributed by atoms with Crippen LogP contribution in [0.3, 0.4) is 0 Å². The summed E-state index contributed by atoms with van der Waals surface area (Å²) in [4.78, 5) is 109. The van der Waals surface area contributed by atoms with E-state index in [0.717, 1.165) is 11.8 Å². The van der Waals surface area contributed by atoms with Crippen molar-refractivity contribution >= 4 is 57.9 Å². The summed E-state index contributed by atoms with van der Waals surface area (Å²) in [5.74, 6) is -3.62. The zero-order valence-electron chi connectivity index (χ0n) is 30.2. The van der Waals surface area contributed by atoms with E-state index in [0.29, 0.717) is 23.1 Å². The second kappa shape index (κ2) is 18.9. The van der Waals surface area contributed by atoms with Gasteiger partial charge in [0, 0.05) is 67.7 Å². The monoisotopic (exact) mass is 809 g/mol. The van der Waals surface area contributed by atoms with E-state index in [2.05, 4.69) is 0 Å². The highest BCUT2D eigenvalue weighted by Gasteiger charge is 2.46. The van der Waals surface area contributed by atoms with Gasteiger partial charge in [0.25, 0.3) is 17.1 Å². The Morgan fingerprint density at radius 3 is 1.67 bits per heavy atom. The maximum absolute atomic E-state index is 13.5. The van der Waals surface area contributed by atoms with Crippen molar-refractivity contribution in [2.45, 2.75) is 63.3 Å². The van der Waals surface area contributed by atoms with Crippen molar-refractivity contribution in [2.75, 3.05) is 13.1 Å². The molecule has 5 rings (SSSR count). The fraction of sp³-hybridized carbons (Fsp3) is 0.361. The van der Waals surface area contributed by atoms with Gasteiger partial charge in [0.05, 0.1) is 14.8 Å². The highest BCUT2D eigenvalue weighted by Crippen LogP contribution is 2.36. The Bertz CT molecular complexity index is 1930. The van der Waals surface area contributed by atoms with E-state index >= 15 is 0 Å². The van der Waals surface area contributed by atoms with Crippen LogP contribution in [0.25, 0.3) is 0 Å². The fourth-order valence-electron chi connectivity index (χ4n) is 6.49. The second-order valence-electron chi connectivity index (χ2n) is 13.2. The maximum Gasteiger partial charge on any atom is 0.430 e. The van der Waals surface area contributed by atoms with Crippen molar-refractivity contribution in [3.8, 4) is 0 Å². The predicted octanol–water partition coefficient (Wildman–Crippen LogP) is 4.80. The summed E-state index contributed by atoms with van der Waals surface area (Å²) in [6, 6.07) is 14.2. The smallest absolute Gasteiger partial charge is 0.430 e. The van der Waals surface area contributed by atoms with Crippen molar-refractivity contribution in [3.05, 3.63) is 120 Å². The Balaban J connectivity index is 1.26. The topological polar surface area (TPSA) is 258 Å². The average molecular weight is 810 g/mol. The minimum atomic E-state index is -1.34. The fourth-order valence-corrected chi connectivity index (χ4v) is 7.52. The molecule has 2 aliphatic heterocycles. The summed E-state index contributed by atoms with van der Waals surface area (Å²) < 4.78 is 11.0. The van der Waals surface area contributed by atoms with Crippen molar-refractivity contribution in [3.63, 3.8) is 0 Å². The molecule has 2 fully saturated rings. The van der Waals surface area contributed by atoms with E-state index in [1.165, 1.54) is 89.5 Å². The first-order valence-electron chi connectivity index (χ1n) is 17.3. The quantitative estimate of drug-likeness (QED) is 0.0696. The van der Waals surface area contributed by atoms with E-state index in [1.807, 2.05) is 0 Å². The predicted molar refractivity (Wildman–Crippen MR) is 196 cm³/mol. The van der Waals surface area contributed by atoms with Crippen LogP contribution < -0.4 is 0 Å². The number of ether oxygens (including phenoxy) is 2. The van der Waals surface area contributed by atoms with Gasteiger partial charge in [0.1, 0.15) is 25.9 Å². The molecule has 0 aromatic heterocycles. The van der Waals surface area contributed by atoms with Gasteiger partial charge in [-0.05, 0) is 78.3 Å². The Morgan fingerprint density at radius 2 is 1.18 bits per heavy atom. The Labute approximate surface area is 327 Å². The van der Waals surface area contributed by atoms with Gasteiger partial charge in [0.2, 0.25) is 0 Å². The van der Waals surface area contributed by atoms with E-state index in [4.69, 9.17) is 19.2 Å². The molecule has 57 heavy (non-hydrogen) atoms. The summed E-state index contributed by atoms with van der Waals surface area (Å²) in [7, 11) is 0. The van der Waals surface area contributed by atoms with Crippen molar-refractivity contribution < 1.29 is 58.0 Å². The summed E-state index contributed by atoms with van der Waals surface area (Å²) in [5, 5.41) is 32.4. The molecule has 0 N–H and O–H groups in total. The van der Waals surface area contributed by atoms with Crippen molar-refractivity contribution in [1.29, 1.82) is 0 Å². The molecule has 0 spiro atoms. The molecule has 2 aliphatic rings. The summed E-state index contributed by atoms with van der Waals surface area (Å²) in [6.07, 6.45) is -0.331. The number of nitro benzene ring substituents is 3. The van der Waals surface area contributed by atoms with Crippen LogP contribution in [0.1, 0.15) is 42.9 Å². The molecule has 20 nitrogen and oxygen atoms in total. The van der Waals surface area contributed by atoms with Gasteiger partial charge in [-0.15, -0.1) is 0 Å². The first kappa shape index (κ1) is 41.7. The van der Waals surface area contributed by atoms with E-state index in [-0.39, 0.29) is 73.2 Å². The molecule has 0 radical (unpaired) electrons. The Morgan fingerprint density at radius 1 is 0.684 bits per heavy atom. The van der Waals surface area contributed by atoms with Gasteiger partial charge in [0.15, 0.2) is 5.12 Å². The number of nitrogens with zero attached hydrogens (tertiary/aromatic N) is 5. The standard InChI is InChI=1S/C36H35N5O15S/c1-22(42)57-31-16-30(37(18-31)33(43)35(45)56-55-21-25-6-12-29(13-7-25)41(51)52)14-26-15-32(34(44)53-19-23-2-8-27(9-3-23)39(47)48)38(17-26)36(46)54-20-24-4-10-28(11-5-24)40(49)50/h2-13,26,30-32H,14-21H2,1H3/t26-,30-,31+,32+/m1/s1. The van der Waals surface area contributed by atoms with Crippen LogP contribution in [0.5, 0.6) is 0 Å². The third-order valence-corrected chi connectivity index (χ3v) is 10.2. The minimum Gasteiger partial charge on any atom is -0.459 e. The number of carbonyl (C=O) groups excluding carboxylic acids is 5. The number of likely N-dealkylation sites (tertiary alicyclic amines) is 2. The highest BCUT2D eigenvalue weighted by atomic mass is 32.2. The number of thioether (sulfide) groups is 1. The number of amides is 2. The van der Waals surface area contributed by atoms with E-state index in [1.54, 1.807) is 0 Å². The van der Waals surface area contributed by atoms with Crippen LogP contribution in [0.4, 0.5) is 21.9 Å². The molecular formula is C36H35N5O15S. The number of benzene rings is 3. The maximum atomic E-state index is 13.5. The van der Waals surface area contributed by atoms with E-state index < -0.39 is 56.7 Å². The molecule has 4 atom stereocenters. The van der Waals surface area contributed by atoms with Crippen LogP contribution in [0.15, 0.2) is 72.8 Å². The molecular weight excluding hydrogens is 774 g/mol. The molecule has 0 aliphatic carbocycles.